The van der Waals surface area contributed by atoms with Crippen LogP contribution in [0, 0.1) is 6.92 Å². The Hall–Kier alpha value is -3.16. The number of benzene rings is 3. The third-order valence-electron chi connectivity index (χ3n) is 6.89. The van der Waals surface area contributed by atoms with E-state index in [2.05, 4.69) is 18.6 Å². The maximum Gasteiger partial charge on any atom is 0.266 e. The average Bonchev–Trinajstić information content (AvgIpc) is 3.07. The second-order valence-corrected chi connectivity index (χ2v) is 12.8. The van der Waals surface area contributed by atoms with Gasteiger partial charge in [0.1, 0.15) is 0 Å². The van der Waals surface area contributed by atoms with Crippen LogP contribution in [-0.4, -0.2) is 20.2 Å². The van der Waals surface area contributed by atoms with Crippen molar-refractivity contribution in [1.82, 2.24) is 0 Å². The summed E-state index contributed by atoms with van der Waals surface area (Å²) >= 11 is 6.03. The first-order chi connectivity index (χ1) is 17.7. The molecule has 0 saturated carbocycles. The smallest absolute Gasteiger partial charge is 0.266 e. The summed E-state index contributed by atoms with van der Waals surface area (Å²) in [7, 11) is -3.94. The minimum atomic E-state index is -3.94. The van der Waals surface area contributed by atoms with E-state index < -0.39 is 21.8 Å². The van der Waals surface area contributed by atoms with E-state index >= 15 is 0 Å². The second-order valence-electron chi connectivity index (χ2n) is 10.7. The first-order valence-electron chi connectivity index (χ1n) is 12.7. The Morgan fingerprint density at radius 2 is 1.34 bits per heavy atom. The first-order valence-corrected chi connectivity index (χ1v) is 14.6. The molecular weight excluding hydrogens is 520 g/mol. The molecule has 0 aliphatic carbocycles. The normalized spacial score (nSPS) is 13.7. The van der Waals surface area contributed by atoms with Crippen molar-refractivity contribution in [3.8, 4) is 0 Å². The SMILES string of the molecule is Cc1cc(NS(=O)(=O)c2c(C(C)C)cc(C(C)C)cc2C(C)C)ccc1N1C(=O)c2ccc(Cl)cc2C1=O. The number of carbonyl (C=O) groups excluding carboxylic acids is 2. The van der Waals surface area contributed by atoms with Crippen molar-refractivity contribution in [2.24, 2.45) is 0 Å². The molecule has 0 unspecified atom stereocenters. The number of imide groups is 1. The van der Waals surface area contributed by atoms with Crippen molar-refractivity contribution < 1.29 is 18.0 Å². The highest BCUT2D eigenvalue weighted by Gasteiger charge is 2.37. The van der Waals surface area contributed by atoms with Crippen LogP contribution >= 0.6 is 11.6 Å². The number of nitrogens with one attached hydrogen (secondary N) is 1. The van der Waals surface area contributed by atoms with E-state index in [-0.39, 0.29) is 28.9 Å². The Kier molecular flexibility index (Phi) is 7.47. The van der Waals surface area contributed by atoms with Crippen LogP contribution in [-0.2, 0) is 10.0 Å². The summed E-state index contributed by atoms with van der Waals surface area (Å²) < 4.78 is 30.4. The van der Waals surface area contributed by atoms with E-state index in [1.165, 1.54) is 6.07 Å². The zero-order chi connectivity index (χ0) is 28.1. The van der Waals surface area contributed by atoms with E-state index in [0.29, 0.717) is 26.9 Å². The average molecular weight is 553 g/mol. The van der Waals surface area contributed by atoms with E-state index in [1.807, 2.05) is 39.8 Å². The van der Waals surface area contributed by atoms with Gasteiger partial charge in [0.15, 0.2) is 0 Å². The van der Waals surface area contributed by atoms with E-state index in [9.17, 15) is 18.0 Å². The molecule has 0 aromatic heterocycles. The molecule has 0 radical (unpaired) electrons. The van der Waals surface area contributed by atoms with Crippen LogP contribution in [0.4, 0.5) is 11.4 Å². The number of hydrogen-bond donors (Lipinski definition) is 1. The van der Waals surface area contributed by atoms with Gasteiger partial charge in [-0.05, 0) is 83.3 Å². The molecular formula is C30H33ClN2O4S. The number of sulfonamides is 1. The summed E-state index contributed by atoms with van der Waals surface area (Å²) in [5, 5.41) is 0.371. The van der Waals surface area contributed by atoms with Gasteiger partial charge in [0.05, 0.1) is 21.7 Å². The predicted molar refractivity (Wildman–Crippen MR) is 153 cm³/mol. The zero-order valence-corrected chi connectivity index (χ0v) is 24.3. The van der Waals surface area contributed by atoms with Crippen LogP contribution in [0.5, 0.6) is 0 Å². The van der Waals surface area contributed by atoms with Crippen LogP contribution in [0.25, 0.3) is 0 Å². The Morgan fingerprint density at radius 3 is 1.87 bits per heavy atom. The molecule has 0 spiro atoms. The van der Waals surface area contributed by atoms with E-state index in [1.54, 1.807) is 37.3 Å². The third kappa shape index (κ3) is 4.97. The summed E-state index contributed by atoms with van der Waals surface area (Å²) in [4.78, 5) is 27.4. The van der Waals surface area contributed by atoms with Crippen molar-refractivity contribution in [3.63, 3.8) is 0 Å². The molecule has 3 aromatic carbocycles. The molecule has 1 aliphatic heterocycles. The van der Waals surface area contributed by atoms with Gasteiger partial charge in [-0.15, -0.1) is 0 Å². The van der Waals surface area contributed by atoms with Crippen molar-refractivity contribution in [2.45, 2.75) is 71.1 Å². The fraction of sp³-hybridized carbons (Fsp3) is 0.333. The number of fused-ring (bicyclic) bond motifs is 1. The molecule has 8 heteroatoms. The van der Waals surface area contributed by atoms with Gasteiger partial charge in [0, 0.05) is 10.7 Å². The number of carbonyl (C=O) groups is 2. The third-order valence-corrected chi connectivity index (χ3v) is 8.64. The molecule has 2 amide bonds. The summed E-state index contributed by atoms with van der Waals surface area (Å²) in [6.07, 6.45) is 0. The fourth-order valence-corrected chi connectivity index (χ4v) is 6.73. The summed E-state index contributed by atoms with van der Waals surface area (Å²) in [5.41, 5.74) is 4.53. The molecule has 1 aliphatic rings. The second kappa shape index (κ2) is 10.2. The number of halogens is 1. The maximum absolute atomic E-state index is 13.8. The van der Waals surface area contributed by atoms with Crippen LogP contribution < -0.4 is 9.62 Å². The van der Waals surface area contributed by atoms with Crippen LogP contribution in [0.15, 0.2) is 53.4 Å². The number of hydrogen-bond acceptors (Lipinski definition) is 4. The molecule has 1 heterocycles. The van der Waals surface area contributed by atoms with Gasteiger partial charge in [-0.25, -0.2) is 13.3 Å². The lowest BCUT2D eigenvalue weighted by atomic mass is 9.89. The lowest BCUT2D eigenvalue weighted by molar-refractivity contribution is 0.0926. The van der Waals surface area contributed by atoms with Crippen LogP contribution in [0.2, 0.25) is 5.02 Å². The van der Waals surface area contributed by atoms with Gasteiger partial charge >= 0.3 is 0 Å². The van der Waals surface area contributed by atoms with Gasteiger partial charge in [0.25, 0.3) is 21.8 Å². The largest absolute Gasteiger partial charge is 0.280 e. The lowest BCUT2D eigenvalue weighted by Crippen LogP contribution is -2.30. The van der Waals surface area contributed by atoms with Gasteiger partial charge in [-0.3, -0.25) is 14.3 Å². The predicted octanol–water partition coefficient (Wildman–Crippen LogP) is 7.62. The minimum Gasteiger partial charge on any atom is -0.280 e. The Balaban J connectivity index is 1.73. The van der Waals surface area contributed by atoms with Gasteiger partial charge in [0.2, 0.25) is 0 Å². The van der Waals surface area contributed by atoms with Gasteiger partial charge < -0.3 is 0 Å². The number of nitrogens with zero attached hydrogens (tertiary/aromatic N) is 1. The number of rotatable bonds is 7. The summed E-state index contributed by atoms with van der Waals surface area (Å²) in [5.74, 6) is -0.625. The Labute approximate surface area is 230 Å². The fourth-order valence-electron chi connectivity index (χ4n) is 4.81. The molecule has 6 nitrogen and oxygen atoms in total. The van der Waals surface area contributed by atoms with Crippen molar-refractivity contribution >= 4 is 44.8 Å². The van der Waals surface area contributed by atoms with E-state index in [0.717, 1.165) is 21.6 Å². The molecule has 0 bridgehead atoms. The molecule has 0 saturated heterocycles. The van der Waals surface area contributed by atoms with Gasteiger partial charge in [-0.1, -0.05) is 65.3 Å². The highest BCUT2D eigenvalue weighted by Crippen LogP contribution is 2.37. The molecule has 3 aromatic rings. The quantitative estimate of drug-likeness (QED) is 0.305. The van der Waals surface area contributed by atoms with Crippen LogP contribution in [0.1, 0.15) is 102 Å². The summed E-state index contributed by atoms with van der Waals surface area (Å²) in [6.45, 7) is 13.9. The first kappa shape index (κ1) is 27.9. The van der Waals surface area contributed by atoms with Crippen LogP contribution in [0.3, 0.4) is 0 Å². The molecule has 1 N–H and O–H groups in total. The van der Waals surface area contributed by atoms with Crippen molar-refractivity contribution in [1.29, 1.82) is 0 Å². The minimum absolute atomic E-state index is 0.00390. The molecule has 0 fully saturated rings. The van der Waals surface area contributed by atoms with Crippen molar-refractivity contribution in [3.05, 3.63) is 86.9 Å². The highest BCUT2D eigenvalue weighted by atomic mass is 35.5. The van der Waals surface area contributed by atoms with Gasteiger partial charge in [-0.2, -0.15) is 0 Å². The molecule has 4 rings (SSSR count). The lowest BCUT2D eigenvalue weighted by Gasteiger charge is -2.23. The number of amides is 2. The Morgan fingerprint density at radius 1 is 0.763 bits per heavy atom. The number of aryl methyl sites for hydroxylation is 1. The molecule has 200 valence electrons. The van der Waals surface area contributed by atoms with E-state index in [4.69, 9.17) is 11.6 Å². The monoisotopic (exact) mass is 552 g/mol. The zero-order valence-electron chi connectivity index (χ0n) is 22.7. The molecule has 0 atom stereocenters. The maximum atomic E-state index is 13.8. The number of anilines is 2. The highest BCUT2D eigenvalue weighted by molar-refractivity contribution is 7.92. The molecule has 38 heavy (non-hydrogen) atoms. The Bertz CT molecular complexity index is 1530. The standard InChI is InChI=1S/C30H33ClN2O4S/c1-16(2)20-13-24(17(3)4)28(25(14-20)18(5)6)38(36,37)32-22-9-11-27(19(7)12-22)33-29(34)23-10-8-21(31)15-26(23)30(33)35/h8-18,32H,1-7H3. The summed E-state index contributed by atoms with van der Waals surface area (Å²) in [6, 6.07) is 13.4. The topological polar surface area (TPSA) is 83.6 Å². The van der Waals surface area contributed by atoms with Crippen molar-refractivity contribution in [2.75, 3.05) is 9.62 Å².